The molecule has 1 aliphatic heterocycles. The SMILES string of the molecule is C=C(/C(C)=C(/C=C(\S)C(F)(F)F)S(=O)(=O)CC)N(C)C1=C(N)CC(C(F)(F)F)N=C1. The van der Waals surface area contributed by atoms with Gasteiger partial charge < -0.3 is 10.6 Å². The molecule has 0 aliphatic carbocycles. The van der Waals surface area contributed by atoms with Crippen LogP contribution in [0.2, 0.25) is 0 Å². The summed E-state index contributed by atoms with van der Waals surface area (Å²) in [5.41, 5.74) is 5.34. The molecule has 1 aliphatic rings. The highest BCUT2D eigenvalue weighted by Gasteiger charge is 2.41. The summed E-state index contributed by atoms with van der Waals surface area (Å²) in [6.07, 6.45) is -8.83. The number of dihydropyridines is 1. The average molecular weight is 477 g/mol. The van der Waals surface area contributed by atoms with Crippen molar-refractivity contribution in [2.24, 2.45) is 10.7 Å². The van der Waals surface area contributed by atoms with Gasteiger partial charge in [-0.25, -0.2) is 8.42 Å². The van der Waals surface area contributed by atoms with E-state index in [0.717, 1.165) is 6.21 Å². The van der Waals surface area contributed by atoms with Crippen molar-refractivity contribution in [1.29, 1.82) is 0 Å². The molecule has 0 saturated carbocycles. The molecule has 1 atom stereocenters. The predicted molar refractivity (Wildman–Crippen MR) is 106 cm³/mol. The molecule has 0 fully saturated rings. The van der Waals surface area contributed by atoms with Crippen molar-refractivity contribution in [3.05, 3.63) is 45.1 Å². The van der Waals surface area contributed by atoms with Gasteiger partial charge in [-0.2, -0.15) is 26.3 Å². The Labute approximate surface area is 176 Å². The third kappa shape index (κ3) is 6.06. The molecule has 0 amide bonds. The minimum absolute atomic E-state index is 0.0268. The molecule has 2 N–H and O–H groups in total. The number of thiol groups is 1. The van der Waals surface area contributed by atoms with Crippen LogP contribution in [0, 0.1) is 0 Å². The van der Waals surface area contributed by atoms with Gasteiger partial charge in [-0.1, -0.05) is 13.5 Å². The molecular formula is C17H21F6N3O2S2. The van der Waals surface area contributed by atoms with Gasteiger partial charge in [0.15, 0.2) is 15.9 Å². The molecule has 30 heavy (non-hydrogen) atoms. The van der Waals surface area contributed by atoms with Crippen molar-refractivity contribution in [2.45, 2.75) is 38.7 Å². The zero-order valence-corrected chi connectivity index (χ0v) is 18.0. The molecular weight excluding hydrogens is 456 g/mol. The molecule has 0 spiro atoms. The number of hydrogen-bond acceptors (Lipinski definition) is 6. The predicted octanol–water partition coefficient (Wildman–Crippen LogP) is 4.09. The Morgan fingerprint density at radius 1 is 1.37 bits per heavy atom. The number of hydrogen-bond donors (Lipinski definition) is 2. The molecule has 1 rings (SSSR count). The van der Waals surface area contributed by atoms with E-state index in [2.05, 4.69) is 24.2 Å². The van der Waals surface area contributed by atoms with Crippen molar-refractivity contribution in [2.75, 3.05) is 12.8 Å². The van der Waals surface area contributed by atoms with Crippen LogP contribution in [0.25, 0.3) is 0 Å². The zero-order valence-electron chi connectivity index (χ0n) is 16.3. The second-order valence-corrected chi connectivity index (χ2v) is 9.10. The number of allylic oxidation sites excluding steroid dienone is 4. The lowest BCUT2D eigenvalue weighted by Gasteiger charge is -2.29. The molecule has 0 aromatic rings. The maximum atomic E-state index is 12.9. The van der Waals surface area contributed by atoms with Gasteiger partial charge in [0.1, 0.15) is 0 Å². The summed E-state index contributed by atoms with van der Waals surface area (Å²) in [7, 11) is -2.80. The summed E-state index contributed by atoms with van der Waals surface area (Å²) < 4.78 is 102. The highest BCUT2D eigenvalue weighted by Crippen LogP contribution is 2.34. The average Bonchev–Trinajstić information content (AvgIpc) is 2.62. The maximum Gasteiger partial charge on any atom is 0.422 e. The van der Waals surface area contributed by atoms with E-state index in [1.807, 2.05) is 0 Å². The Balaban J connectivity index is 3.44. The van der Waals surface area contributed by atoms with E-state index in [9.17, 15) is 34.8 Å². The number of nitrogens with zero attached hydrogens (tertiary/aromatic N) is 2. The van der Waals surface area contributed by atoms with Crippen LogP contribution in [0.5, 0.6) is 0 Å². The maximum absolute atomic E-state index is 12.9. The normalized spacial score (nSPS) is 19.7. The van der Waals surface area contributed by atoms with Gasteiger partial charge in [-0.05, 0) is 18.6 Å². The highest BCUT2D eigenvalue weighted by molar-refractivity contribution is 7.95. The molecule has 13 heteroatoms. The van der Waals surface area contributed by atoms with Gasteiger partial charge in [0.25, 0.3) is 0 Å². The van der Waals surface area contributed by atoms with Gasteiger partial charge in [0.05, 0.1) is 21.3 Å². The molecule has 170 valence electrons. The van der Waals surface area contributed by atoms with Gasteiger partial charge in [0.2, 0.25) is 0 Å². The Kier molecular flexibility index (Phi) is 7.92. The quantitative estimate of drug-likeness (QED) is 0.343. The molecule has 1 unspecified atom stereocenters. The fourth-order valence-corrected chi connectivity index (χ4v) is 3.85. The minimum atomic E-state index is -4.87. The number of aliphatic imine (C=N–C) groups is 1. The number of alkyl halides is 6. The Morgan fingerprint density at radius 2 is 1.90 bits per heavy atom. The van der Waals surface area contributed by atoms with E-state index in [1.165, 1.54) is 25.8 Å². The molecule has 1 heterocycles. The first-order valence-corrected chi connectivity index (χ1v) is 10.5. The third-order valence-electron chi connectivity index (χ3n) is 4.34. The minimum Gasteiger partial charge on any atom is -0.400 e. The van der Waals surface area contributed by atoms with Gasteiger partial charge >= 0.3 is 12.4 Å². The standard InChI is InChI=1S/C17H21F6N3O2S2/c1-5-30(27,28)13(7-15(29)17(21,22)23)9(2)10(3)26(4)12-8-25-14(6-11(12)24)16(18,19)20/h7-8,14,29H,3,5-6,24H2,1-2,4H3/b13-9-,15-7-. The van der Waals surface area contributed by atoms with Crippen LogP contribution < -0.4 is 5.73 Å². The van der Waals surface area contributed by atoms with Crippen LogP contribution in [0.3, 0.4) is 0 Å². The zero-order chi connectivity index (χ0) is 23.7. The first kappa shape index (κ1) is 26.1. The van der Waals surface area contributed by atoms with Gasteiger partial charge in [-0.15, -0.1) is 12.6 Å². The van der Waals surface area contributed by atoms with Crippen molar-refractivity contribution < 1.29 is 34.8 Å². The molecule has 0 bridgehead atoms. The lowest BCUT2D eigenvalue weighted by molar-refractivity contribution is -0.146. The number of halogens is 6. The summed E-state index contributed by atoms with van der Waals surface area (Å²) >= 11 is 3.33. The largest absolute Gasteiger partial charge is 0.422 e. The van der Waals surface area contributed by atoms with E-state index in [0.29, 0.717) is 6.08 Å². The lowest BCUT2D eigenvalue weighted by Crippen LogP contribution is -2.34. The van der Waals surface area contributed by atoms with E-state index >= 15 is 0 Å². The Bertz CT molecular complexity index is 928. The fourth-order valence-electron chi connectivity index (χ4n) is 2.44. The van der Waals surface area contributed by atoms with Crippen LogP contribution in [-0.2, 0) is 9.84 Å². The van der Waals surface area contributed by atoms with Crippen LogP contribution in [0.4, 0.5) is 26.3 Å². The number of sulfone groups is 1. The summed E-state index contributed by atoms with van der Waals surface area (Å²) in [6, 6.07) is -2.02. The first-order valence-electron chi connectivity index (χ1n) is 8.36. The van der Waals surface area contributed by atoms with E-state index in [1.54, 1.807) is 0 Å². The summed E-state index contributed by atoms with van der Waals surface area (Å²) in [6.45, 7) is 6.14. The highest BCUT2D eigenvalue weighted by atomic mass is 32.2. The van der Waals surface area contributed by atoms with Gasteiger partial charge in [0, 0.05) is 31.1 Å². The van der Waals surface area contributed by atoms with Crippen LogP contribution in [-0.4, -0.2) is 50.7 Å². The van der Waals surface area contributed by atoms with E-state index in [-0.39, 0.29) is 22.7 Å². The van der Waals surface area contributed by atoms with Crippen LogP contribution in [0.15, 0.2) is 50.1 Å². The number of likely N-dealkylation sites (N-methyl/N-ethyl adjacent to an activating group) is 1. The van der Waals surface area contributed by atoms with Crippen LogP contribution >= 0.6 is 12.6 Å². The van der Waals surface area contributed by atoms with Crippen molar-refractivity contribution in [3.63, 3.8) is 0 Å². The summed E-state index contributed by atoms with van der Waals surface area (Å²) in [4.78, 5) is 2.48. The molecule has 0 saturated heterocycles. The Morgan fingerprint density at radius 3 is 2.30 bits per heavy atom. The second kappa shape index (κ2) is 9.08. The summed E-state index contributed by atoms with van der Waals surface area (Å²) in [5, 5.41) is 0. The lowest BCUT2D eigenvalue weighted by atomic mass is 10.1. The smallest absolute Gasteiger partial charge is 0.400 e. The molecule has 0 aromatic heterocycles. The number of rotatable bonds is 6. The van der Waals surface area contributed by atoms with E-state index < -0.39 is 50.2 Å². The van der Waals surface area contributed by atoms with Crippen molar-refractivity contribution >= 4 is 28.7 Å². The molecule has 0 aromatic carbocycles. The molecule has 0 radical (unpaired) electrons. The third-order valence-corrected chi connectivity index (χ3v) is 6.58. The number of nitrogens with two attached hydrogens (primary N) is 1. The van der Waals surface area contributed by atoms with Gasteiger partial charge in [-0.3, -0.25) is 4.99 Å². The second-order valence-electron chi connectivity index (χ2n) is 6.38. The van der Waals surface area contributed by atoms with Crippen LogP contribution in [0.1, 0.15) is 20.3 Å². The Hall–Kier alpha value is -1.89. The van der Waals surface area contributed by atoms with Crippen molar-refractivity contribution in [3.8, 4) is 0 Å². The molecule has 5 nitrogen and oxygen atoms in total. The fraction of sp³-hybridized carbons (Fsp3) is 0.471. The summed E-state index contributed by atoms with van der Waals surface area (Å²) in [5.74, 6) is -0.494. The monoisotopic (exact) mass is 477 g/mol. The van der Waals surface area contributed by atoms with Crippen molar-refractivity contribution in [1.82, 2.24) is 4.90 Å². The van der Waals surface area contributed by atoms with E-state index in [4.69, 9.17) is 5.73 Å². The topological polar surface area (TPSA) is 75.8 Å². The first-order chi connectivity index (χ1) is 13.4.